The van der Waals surface area contributed by atoms with Gasteiger partial charge in [0.05, 0.1) is 10.2 Å². The number of amides is 1. The van der Waals surface area contributed by atoms with E-state index in [4.69, 9.17) is 21.7 Å². The van der Waals surface area contributed by atoms with Crippen LogP contribution in [0.5, 0.6) is 11.5 Å². The van der Waals surface area contributed by atoms with Gasteiger partial charge in [-0.1, -0.05) is 17.4 Å². The fraction of sp³-hybridized carbons (Fsp3) is 0.118. The van der Waals surface area contributed by atoms with E-state index in [1.54, 1.807) is 18.2 Å². The van der Waals surface area contributed by atoms with Crippen LogP contribution in [-0.4, -0.2) is 22.8 Å². The van der Waals surface area contributed by atoms with E-state index >= 15 is 0 Å². The maximum atomic E-state index is 12.3. The normalized spacial score (nSPS) is 12.2. The lowest BCUT2D eigenvalue weighted by atomic mass is 10.2. The van der Waals surface area contributed by atoms with Crippen molar-refractivity contribution in [2.45, 2.75) is 6.92 Å². The number of benzene rings is 2. The first kappa shape index (κ1) is 15.8. The zero-order chi connectivity index (χ0) is 17.4. The van der Waals surface area contributed by atoms with Crippen LogP contribution >= 0.6 is 23.6 Å². The lowest BCUT2D eigenvalue weighted by Crippen LogP contribution is -2.34. The SMILES string of the molecule is Cc1ccc2nc(NC(=S)NC(=O)c3ccc4c(c3)OCO4)sc2c1. The average molecular weight is 371 g/mol. The molecular weight excluding hydrogens is 358 g/mol. The topological polar surface area (TPSA) is 72.5 Å². The van der Waals surface area contributed by atoms with Crippen LogP contribution in [0.15, 0.2) is 36.4 Å². The molecule has 0 saturated carbocycles. The Hall–Kier alpha value is -2.71. The predicted octanol–water partition coefficient (Wildman–Crippen LogP) is 3.46. The van der Waals surface area contributed by atoms with Gasteiger partial charge in [0.1, 0.15) is 0 Å². The van der Waals surface area contributed by atoms with Gasteiger partial charge in [0.15, 0.2) is 21.7 Å². The van der Waals surface area contributed by atoms with Gasteiger partial charge in [0, 0.05) is 5.56 Å². The molecule has 0 unspecified atom stereocenters. The van der Waals surface area contributed by atoms with E-state index in [1.807, 2.05) is 19.1 Å². The molecule has 0 atom stereocenters. The first-order valence-corrected chi connectivity index (χ1v) is 8.70. The van der Waals surface area contributed by atoms with Crippen molar-refractivity contribution in [2.75, 3.05) is 12.1 Å². The summed E-state index contributed by atoms with van der Waals surface area (Å²) in [6.45, 7) is 2.19. The molecule has 4 rings (SSSR count). The summed E-state index contributed by atoms with van der Waals surface area (Å²) in [5.41, 5.74) is 2.50. The molecule has 6 nitrogen and oxygen atoms in total. The number of nitrogens with zero attached hydrogens (tertiary/aromatic N) is 1. The number of rotatable bonds is 2. The first-order valence-electron chi connectivity index (χ1n) is 7.48. The van der Waals surface area contributed by atoms with Crippen molar-refractivity contribution >= 4 is 49.9 Å². The van der Waals surface area contributed by atoms with Crippen LogP contribution in [0.25, 0.3) is 10.2 Å². The minimum atomic E-state index is -0.326. The fourth-order valence-electron chi connectivity index (χ4n) is 2.43. The number of anilines is 1. The van der Waals surface area contributed by atoms with Crippen molar-refractivity contribution in [2.24, 2.45) is 0 Å². The standard InChI is InChI=1S/C17H13N3O3S2/c1-9-2-4-11-14(6-9)25-17(18-11)20-16(24)19-15(21)10-3-5-12-13(7-10)23-8-22-12/h2-7H,8H2,1H3,(H2,18,19,20,21,24). The van der Waals surface area contributed by atoms with Gasteiger partial charge >= 0.3 is 0 Å². The van der Waals surface area contributed by atoms with Gasteiger partial charge in [0.25, 0.3) is 5.91 Å². The molecule has 0 spiro atoms. The van der Waals surface area contributed by atoms with Gasteiger partial charge in [0.2, 0.25) is 6.79 Å². The Labute approximate surface area is 152 Å². The summed E-state index contributed by atoms with van der Waals surface area (Å²) in [6, 6.07) is 11.0. The van der Waals surface area contributed by atoms with Crippen molar-refractivity contribution < 1.29 is 14.3 Å². The Kier molecular flexibility index (Phi) is 3.98. The number of aromatic nitrogens is 1. The first-order chi connectivity index (χ1) is 12.1. The molecule has 8 heteroatoms. The molecule has 0 radical (unpaired) electrons. The molecular formula is C17H13N3O3S2. The number of aryl methyl sites for hydroxylation is 1. The van der Waals surface area contributed by atoms with Crippen LogP contribution < -0.4 is 20.1 Å². The van der Waals surface area contributed by atoms with Gasteiger partial charge in [-0.3, -0.25) is 10.1 Å². The van der Waals surface area contributed by atoms with Crippen molar-refractivity contribution in [1.29, 1.82) is 0 Å². The molecule has 126 valence electrons. The van der Waals surface area contributed by atoms with E-state index in [2.05, 4.69) is 21.7 Å². The summed E-state index contributed by atoms with van der Waals surface area (Å²) < 4.78 is 11.6. The van der Waals surface area contributed by atoms with Gasteiger partial charge in [-0.25, -0.2) is 4.98 Å². The minimum Gasteiger partial charge on any atom is -0.454 e. The van der Waals surface area contributed by atoms with Gasteiger partial charge < -0.3 is 14.8 Å². The monoisotopic (exact) mass is 371 g/mol. The molecule has 2 N–H and O–H groups in total. The maximum Gasteiger partial charge on any atom is 0.257 e. The molecule has 25 heavy (non-hydrogen) atoms. The number of thiazole rings is 1. The summed E-state index contributed by atoms with van der Waals surface area (Å²) in [7, 11) is 0. The third kappa shape index (κ3) is 3.26. The number of ether oxygens (including phenoxy) is 2. The van der Waals surface area contributed by atoms with Crippen molar-refractivity contribution in [3.63, 3.8) is 0 Å². The van der Waals surface area contributed by atoms with Crippen molar-refractivity contribution in [1.82, 2.24) is 10.3 Å². The van der Waals surface area contributed by atoms with Crippen LogP contribution in [0.1, 0.15) is 15.9 Å². The van der Waals surface area contributed by atoms with Crippen molar-refractivity contribution in [3.05, 3.63) is 47.5 Å². The predicted molar refractivity (Wildman–Crippen MR) is 101 cm³/mol. The lowest BCUT2D eigenvalue weighted by Gasteiger charge is -2.07. The maximum absolute atomic E-state index is 12.3. The highest BCUT2D eigenvalue weighted by Gasteiger charge is 2.17. The number of carbonyl (C=O) groups excluding carboxylic acids is 1. The Morgan fingerprint density at radius 3 is 2.92 bits per heavy atom. The molecule has 1 aliphatic heterocycles. The summed E-state index contributed by atoms with van der Waals surface area (Å²) in [5.74, 6) is 0.850. The van der Waals surface area contributed by atoms with E-state index in [0.29, 0.717) is 22.2 Å². The fourth-order valence-corrected chi connectivity index (χ4v) is 3.65. The number of fused-ring (bicyclic) bond motifs is 2. The van der Waals surface area contributed by atoms with Crippen LogP contribution in [0.2, 0.25) is 0 Å². The zero-order valence-electron chi connectivity index (χ0n) is 13.2. The Morgan fingerprint density at radius 2 is 2.04 bits per heavy atom. The van der Waals surface area contributed by atoms with Crippen molar-refractivity contribution in [3.8, 4) is 11.5 Å². The molecule has 1 aliphatic rings. The molecule has 0 aliphatic carbocycles. The smallest absolute Gasteiger partial charge is 0.257 e. The number of hydrogen-bond donors (Lipinski definition) is 2. The highest BCUT2D eigenvalue weighted by atomic mass is 32.1. The summed E-state index contributed by atoms with van der Waals surface area (Å²) >= 11 is 6.69. The van der Waals surface area contributed by atoms with Crippen LogP contribution in [-0.2, 0) is 0 Å². The zero-order valence-corrected chi connectivity index (χ0v) is 14.8. The van der Waals surface area contributed by atoms with E-state index in [-0.39, 0.29) is 17.8 Å². The second-order valence-corrected chi connectivity index (χ2v) is 6.91. The second kappa shape index (κ2) is 6.30. The van der Waals surface area contributed by atoms with Crippen LogP contribution in [0, 0.1) is 6.92 Å². The molecule has 1 aromatic heterocycles. The molecule has 0 saturated heterocycles. The number of nitrogens with one attached hydrogen (secondary N) is 2. The summed E-state index contributed by atoms with van der Waals surface area (Å²) in [6.07, 6.45) is 0. The number of hydrogen-bond acceptors (Lipinski definition) is 6. The highest BCUT2D eigenvalue weighted by molar-refractivity contribution is 7.80. The lowest BCUT2D eigenvalue weighted by molar-refractivity contribution is 0.0977. The molecule has 0 fully saturated rings. The van der Waals surface area contributed by atoms with Gasteiger partial charge in [-0.2, -0.15) is 0 Å². The third-order valence-corrected chi connectivity index (χ3v) is 4.76. The molecule has 2 aromatic carbocycles. The minimum absolute atomic E-state index is 0.164. The molecule has 3 aromatic rings. The Morgan fingerprint density at radius 1 is 1.20 bits per heavy atom. The second-order valence-electron chi connectivity index (χ2n) is 5.47. The summed E-state index contributed by atoms with van der Waals surface area (Å²) in [4.78, 5) is 16.8. The Bertz CT molecular complexity index is 1000. The summed E-state index contributed by atoms with van der Waals surface area (Å²) in [5, 5.41) is 6.43. The van der Waals surface area contributed by atoms with Crippen LogP contribution in [0.4, 0.5) is 5.13 Å². The molecule has 0 bridgehead atoms. The quantitative estimate of drug-likeness (QED) is 0.672. The molecule has 1 amide bonds. The van der Waals surface area contributed by atoms with Gasteiger partial charge in [-0.15, -0.1) is 0 Å². The third-order valence-electron chi connectivity index (χ3n) is 3.63. The number of thiocarbonyl (C=S) groups is 1. The van der Waals surface area contributed by atoms with Gasteiger partial charge in [-0.05, 0) is 55.0 Å². The average Bonchev–Trinajstić information content (AvgIpc) is 3.19. The van der Waals surface area contributed by atoms with E-state index in [0.717, 1.165) is 10.2 Å². The largest absolute Gasteiger partial charge is 0.454 e. The van der Waals surface area contributed by atoms with E-state index < -0.39 is 0 Å². The Balaban J connectivity index is 1.45. The van der Waals surface area contributed by atoms with Crippen LogP contribution in [0.3, 0.4) is 0 Å². The molecule has 2 heterocycles. The highest BCUT2D eigenvalue weighted by Crippen LogP contribution is 2.32. The number of carbonyl (C=O) groups is 1. The van der Waals surface area contributed by atoms with E-state index in [9.17, 15) is 4.79 Å². The van der Waals surface area contributed by atoms with E-state index in [1.165, 1.54) is 16.9 Å².